The van der Waals surface area contributed by atoms with Crippen LogP contribution in [-0.4, -0.2) is 51.4 Å². The van der Waals surface area contributed by atoms with Crippen LogP contribution in [0.3, 0.4) is 0 Å². The van der Waals surface area contributed by atoms with Crippen molar-refractivity contribution in [2.24, 2.45) is 5.92 Å². The number of amides is 2. The summed E-state index contributed by atoms with van der Waals surface area (Å²) in [5.41, 5.74) is 1.46. The van der Waals surface area contributed by atoms with E-state index in [2.05, 4.69) is 5.32 Å². The van der Waals surface area contributed by atoms with Gasteiger partial charge in [-0.05, 0) is 23.3 Å². The van der Waals surface area contributed by atoms with Crippen molar-refractivity contribution in [1.29, 1.82) is 0 Å². The number of nitrogens with one attached hydrogen (secondary N) is 1. The maximum Gasteiger partial charge on any atom is 0.374 e. The van der Waals surface area contributed by atoms with Crippen LogP contribution in [0.2, 0.25) is 0 Å². The van der Waals surface area contributed by atoms with Crippen molar-refractivity contribution in [1.82, 2.24) is 10.2 Å². The van der Waals surface area contributed by atoms with Crippen molar-refractivity contribution in [2.75, 3.05) is 6.54 Å². The average Bonchev–Trinajstić information content (AvgIpc) is 2.68. The van der Waals surface area contributed by atoms with Gasteiger partial charge in [0.05, 0.1) is 5.25 Å². The molecule has 7 nitrogen and oxygen atoms in total. The quantitative estimate of drug-likeness (QED) is 0.596. The van der Waals surface area contributed by atoms with E-state index in [1.807, 2.05) is 26.2 Å². The molecule has 1 aromatic carbocycles. The first-order valence-electron chi connectivity index (χ1n) is 9.50. The summed E-state index contributed by atoms with van der Waals surface area (Å²) in [6.07, 6.45) is 0.644. The molecule has 1 heterocycles. The summed E-state index contributed by atoms with van der Waals surface area (Å²) in [6.45, 7) is 5.53. The van der Waals surface area contributed by atoms with Crippen LogP contribution in [0.4, 0.5) is 0 Å². The Kier molecular flexibility index (Phi) is 8.01. The first kappa shape index (κ1) is 22.7. The molecule has 1 aromatic rings. The molecule has 2 N–H and O–H groups in total. The molecule has 2 amide bonds. The van der Waals surface area contributed by atoms with Gasteiger partial charge in [-0.3, -0.25) is 14.4 Å². The van der Waals surface area contributed by atoms with Gasteiger partial charge in [-0.25, -0.2) is 4.79 Å². The number of aliphatic carboxylic acids is 1. The molecule has 0 spiro atoms. The lowest BCUT2D eigenvalue weighted by Crippen LogP contribution is -2.51. The Morgan fingerprint density at radius 2 is 1.86 bits per heavy atom. The van der Waals surface area contributed by atoms with E-state index >= 15 is 0 Å². The predicted octanol–water partition coefficient (Wildman–Crippen LogP) is 2.22. The van der Waals surface area contributed by atoms with Crippen LogP contribution in [-0.2, 0) is 25.6 Å². The molecular formula is C21H26N2O5S. The van der Waals surface area contributed by atoms with Crippen LogP contribution in [0.5, 0.6) is 0 Å². The molecule has 29 heavy (non-hydrogen) atoms. The Morgan fingerprint density at radius 3 is 2.41 bits per heavy atom. The SMILES string of the molecule is CCC1=CS[C@@H](C(C)C)C(=O)N1CC(=O)N[C@@H](Cc1ccccc1)C(=O)C(=O)O. The molecule has 0 saturated carbocycles. The molecule has 0 aromatic heterocycles. The Labute approximate surface area is 174 Å². The Hall–Kier alpha value is -2.61. The molecule has 2 atom stereocenters. The second-order valence-electron chi connectivity index (χ2n) is 7.17. The minimum atomic E-state index is -1.61. The lowest BCUT2D eigenvalue weighted by molar-refractivity contribution is -0.150. The molecule has 0 fully saturated rings. The average molecular weight is 419 g/mol. The van der Waals surface area contributed by atoms with Gasteiger partial charge in [0.2, 0.25) is 11.8 Å². The van der Waals surface area contributed by atoms with E-state index in [0.717, 1.165) is 11.3 Å². The maximum absolute atomic E-state index is 12.8. The molecule has 2 rings (SSSR count). The van der Waals surface area contributed by atoms with Crippen molar-refractivity contribution < 1.29 is 24.3 Å². The number of nitrogens with zero attached hydrogens (tertiary/aromatic N) is 1. The summed E-state index contributed by atoms with van der Waals surface area (Å²) < 4.78 is 0. The third-order valence-electron chi connectivity index (χ3n) is 4.62. The van der Waals surface area contributed by atoms with Gasteiger partial charge < -0.3 is 15.3 Å². The number of hydrogen-bond acceptors (Lipinski definition) is 5. The first-order valence-corrected chi connectivity index (χ1v) is 10.4. The Balaban J connectivity index is 2.14. The number of allylic oxidation sites excluding steroid dienone is 1. The first-order chi connectivity index (χ1) is 13.7. The van der Waals surface area contributed by atoms with Crippen LogP contribution >= 0.6 is 11.8 Å². The van der Waals surface area contributed by atoms with Crippen LogP contribution in [0.15, 0.2) is 41.4 Å². The second-order valence-corrected chi connectivity index (χ2v) is 8.18. The molecule has 0 bridgehead atoms. The molecule has 0 saturated heterocycles. The van der Waals surface area contributed by atoms with Crippen molar-refractivity contribution in [2.45, 2.75) is 44.9 Å². The number of carbonyl (C=O) groups is 4. The van der Waals surface area contributed by atoms with Crippen molar-refractivity contribution in [3.05, 3.63) is 47.0 Å². The van der Waals surface area contributed by atoms with Gasteiger partial charge >= 0.3 is 5.97 Å². The highest BCUT2D eigenvalue weighted by Crippen LogP contribution is 2.31. The molecule has 156 valence electrons. The third-order valence-corrected chi connectivity index (χ3v) is 6.07. The number of benzene rings is 1. The molecular weight excluding hydrogens is 392 g/mol. The van der Waals surface area contributed by atoms with E-state index in [0.29, 0.717) is 6.42 Å². The highest BCUT2D eigenvalue weighted by Gasteiger charge is 2.34. The number of carboxylic acids is 1. The standard InChI is InChI=1S/C21H26N2O5S/c1-4-15-12-29-19(13(2)3)20(26)23(15)11-17(24)22-16(18(25)21(27)28)10-14-8-6-5-7-9-14/h5-9,12-13,16,19H,4,10-11H2,1-3H3,(H,22,24)(H,27,28)/t16-,19-/m0/s1. The molecule has 1 aliphatic heterocycles. The Morgan fingerprint density at radius 1 is 1.21 bits per heavy atom. The Bertz CT molecular complexity index is 807. The van der Waals surface area contributed by atoms with Gasteiger partial charge in [-0.1, -0.05) is 51.1 Å². The summed E-state index contributed by atoms with van der Waals surface area (Å²) in [5.74, 6) is -3.31. The zero-order valence-electron chi connectivity index (χ0n) is 16.8. The van der Waals surface area contributed by atoms with E-state index in [9.17, 15) is 19.2 Å². The van der Waals surface area contributed by atoms with Gasteiger partial charge in [0, 0.05) is 12.1 Å². The van der Waals surface area contributed by atoms with Gasteiger partial charge in [0.25, 0.3) is 5.78 Å². The topological polar surface area (TPSA) is 104 Å². The third kappa shape index (κ3) is 5.93. The predicted molar refractivity (Wildman–Crippen MR) is 111 cm³/mol. The largest absolute Gasteiger partial charge is 0.475 e. The minimum absolute atomic E-state index is 0.0621. The van der Waals surface area contributed by atoms with Crippen molar-refractivity contribution in [3.63, 3.8) is 0 Å². The van der Waals surface area contributed by atoms with Gasteiger partial charge in [0.1, 0.15) is 12.6 Å². The maximum atomic E-state index is 12.8. The normalized spacial score (nSPS) is 17.7. The van der Waals surface area contributed by atoms with Gasteiger partial charge in [-0.15, -0.1) is 11.8 Å². The van der Waals surface area contributed by atoms with E-state index in [-0.39, 0.29) is 30.0 Å². The fourth-order valence-electron chi connectivity index (χ4n) is 3.06. The number of carboxylic acid groups (broad SMARTS) is 1. The van der Waals surface area contributed by atoms with Gasteiger partial charge in [0.15, 0.2) is 0 Å². The minimum Gasteiger partial charge on any atom is -0.475 e. The van der Waals surface area contributed by atoms with Gasteiger partial charge in [-0.2, -0.15) is 0 Å². The van der Waals surface area contributed by atoms with Crippen LogP contribution < -0.4 is 5.32 Å². The second kappa shape index (κ2) is 10.2. The number of hydrogen-bond donors (Lipinski definition) is 2. The van der Waals surface area contributed by atoms with Crippen LogP contribution in [0.1, 0.15) is 32.8 Å². The fraction of sp³-hybridized carbons (Fsp3) is 0.429. The zero-order chi connectivity index (χ0) is 21.6. The van der Waals surface area contributed by atoms with E-state index in [4.69, 9.17) is 5.11 Å². The number of carbonyl (C=O) groups excluding carboxylic acids is 3. The van der Waals surface area contributed by atoms with Crippen LogP contribution in [0, 0.1) is 5.92 Å². The highest BCUT2D eigenvalue weighted by atomic mass is 32.2. The summed E-state index contributed by atoms with van der Waals surface area (Å²) in [6, 6.07) is 7.66. The number of ketones is 1. The summed E-state index contributed by atoms with van der Waals surface area (Å²) in [7, 11) is 0. The molecule has 0 unspecified atom stereocenters. The van der Waals surface area contributed by atoms with Crippen molar-refractivity contribution >= 4 is 35.3 Å². The van der Waals surface area contributed by atoms with E-state index in [1.165, 1.54) is 16.7 Å². The fourth-order valence-corrected chi connectivity index (χ4v) is 4.21. The number of rotatable bonds is 9. The molecule has 8 heteroatoms. The zero-order valence-corrected chi connectivity index (χ0v) is 17.6. The van der Waals surface area contributed by atoms with Crippen molar-refractivity contribution in [3.8, 4) is 0 Å². The highest BCUT2D eigenvalue weighted by molar-refractivity contribution is 8.03. The molecule has 0 radical (unpaired) electrons. The lowest BCUT2D eigenvalue weighted by atomic mass is 10.0. The van der Waals surface area contributed by atoms with E-state index < -0.39 is 23.7 Å². The monoisotopic (exact) mass is 418 g/mol. The summed E-state index contributed by atoms with van der Waals surface area (Å²) in [4.78, 5) is 50.2. The molecule has 1 aliphatic rings. The summed E-state index contributed by atoms with van der Waals surface area (Å²) >= 11 is 1.45. The summed E-state index contributed by atoms with van der Waals surface area (Å²) in [5, 5.41) is 13.2. The smallest absolute Gasteiger partial charge is 0.374 e. The molecule has 0 aliphatic carbocycles. The van der Waals surface area contributed by atoms with Crippen LogP contribution in [0.25, 0.3) is 0 Å². The number of thioether (sulfide) groups is 1. The lowest BCUT2D eigenvalue weighted by Gasteiger charge is -2.33. The number of Topliss-reactive ketones (excluding diaryl/α,β-unsaturated/α-hetero) is 1. The van der Waals surface area contributed by atoms with E-state index in [1.54, 1.807) is 30.3 Å².